The number of carboxylic acids is 1. The summed E-state index contributed by atoms with van der Waals surface area (Å²) < 4.78 is 17.0. The van der Waals surface area contributed by atoms with Crippen LogP contribution in [0.25, 0.3) is 0 Å². The third-order valence-electron chi connectivity index (χ3n) is 9.23. The van der Waals surface area contributed by atoms with Crippen molar-refractivity contribution in [1.82, 2.24) is 0 Å². The smallest absolute Gasteiger partial charge is 0.306 e. The van der Waals surface area contributed by atoms with Gasteiger partial charge in [-0.15, -0.1) is 0 Å². The third-order valence-corrected chi connectivity index (χ3v) is 9.23. The van der Waals surface area contributed by atoms with Gasteiger partial charge in [0.05, 0.1) is 40.3 Å². The number of carbonyl (C=O) groups is 3. The molecule has 0 aliphatic heterocycles. The highest BCUT2D eigenvalue weighted by atomic mass is 16.6. The maximum absolute atomic E-state index is 12.7. The monoisotopic (exact) mass is 870 g/mol. The quantitative estimate of drug-likeness (QED) is 0.0262. The van der Waals surface area contributed by atoms with E-state index >= 15 is 0 Å². The van der Waals surface area contributed by atoms with Gasteiger partial charge in [0.1, 0.15) is 12.6 Å². The number of rotatable bonds is 39. The molecule has 350 valence electrons. The van der Waals surface area contributed by atoms with Crippen LogP contribution in [-0.4, -0.2) is 75.5 Å². The predicted octanol–water partition coefficient (Wildman–Crippen LogP) is 12.0. The lowest BCUT2D eigenvalue weighted by Gasteiger charge is -2.34. The summed E-state index contributed by atoms with van der Waals surface area (Å²) in [6.07, 6.45) is 64.7. The van der Waals surface area contributed by atoms with Gasteiger partial charge in [-0.2, -0.15) is 0 Å². The molecule has 63 heavy (non-hydrogen) atoms. The standard InChI is InChI=1S/C55H83NO7/c1-6-8-10-12-14-16-18-20-22-24-26-28-30-32-34-36-38-40-42-44-46-54(58)63-51(49-61-48-47-52(55(59)60)56(3,4)5)50-62-53(57)45-43-41-39-37-35-33-31-29-27-25-23-21-19-17-15-13-11-9-7-2/h8-11,14-17,20-23,26-29,32-35,38-41,51-52H,6-7,12-13,18-19,24-25,30-31,36-37,42-50H2,1-5H3/b10-8+,11-9+,16-14+,17-15+,22-20+,23-21+,28-26+,29-27+,34-32+,35-33+,40-38+,41-39+. The molecule has 2 unspecified atom stereocenters. The molecule has 2 atom stereocenters. The summed E-state index contributed by atoms with van der Waals surface area (Å²) in [5, 5.41) is 11.6. The molecule has 0 aliphatic carbocycles. The fourth-order valence-corrected chi connectivity index (χ4v) is 5.69. The first-order valence-electron chi connectivity index (χ1n) is 23.4. The Bertz CT molecular complexity index is 1530. The van der Waals surface area contributed by atoms with E-state index in [-0.39, 0.29) is 43.6 Å². The third kappa shape index (κ3) is 42.3. The van der Waals surface area contributed by atoms with Crippen LogP contribution in [0.1, 0.15) is 129 Å². The molecule has 8 nitrogen and oxygen atoms in total. The van der Waals surface area contributed by atoms with Crippen LogP contribution in [0.15, 0.2) is 146 Å². The molecule has 0 bridgehead atoms. The van der Waals surface area contributed by atoms with Crippen LogP contribution in [0.3, 0.4) is 0 Å². The molecule has 0 amide bonds. The van der Waals surface area contributed by atoms with Gasteiger partial charge in [0.15, 0.2) is 6.10 Å². The van der Waals surface area contributed by atoms with Crippen molar-refractivity contribution in [2.75, 3.05) is 41.0 Å². The van der Waals surface area contributed by atoms with Gasteiger partial charge >= 0.3 is 11.9 Å². The first-order valence-corrected chi connectivity index (χ1v) is 23.4. The van der Waals surface area contributed by atoms with Crippen molar-refractivity contribution in [3.05, 3.63) is 146 Å². The Kier molecular flexibility index (Phi) is 40.5. The van der Waals surface area contributed by atoms with Crippen molar-refractivity contribution in [1.29, 1.82) is 0 Å². The van der Waals surface area contributed by atoms with Crippen LogP contribution >= 0.6 is 0 Å². The molecule has 0 saturated carbocycles. The summed E-state index contributed by atoms with van der Waals surface area (Å²) in [6.45, 7) is 4.26. The number of hydrogen-bond donors (Lipinski definition) is 0. The molecule has 0 saturated heterocycles. The maximum atomic E-state index is 12.7. The maximum Gasteiger partial charge on any atom is 0.306 e. The van der Waals surface area contributed by atoms with Crippen molar-refractivity contribution in [3.8, 4) is 0 Å². The van der Waals surface area contributed by atoms with Gasteiger partial charge in [0.25, 0.3) is 0 Å². The van der Waals surface area contributed by atoms with E-state index in [4.69, 9.17) is 14.2 Å². The summed E-state index contributed by atoms with van der Waals surface area (Å²) in [7, 11) is 5.35. The molecule has 0 rings (SSSR count). The van der Waals surface area contributed by atoms with Crippen LogP contribution < -0.4 is 5.11 Å². The Hall–Kier alpha value is -4.79. The average Bonchev–Trinajstić information content (AvgIpc) is 3.24. The molecule has 0 aliphatic rings. The Morgan fingerprint density at radius 3 is 1.21 bits per heavy atom. The first kappa shape index (κ1) is 58.2. The summed E-state index contributed by atoms with van der Waals surface area (Å²) >= 11 is 0. The summed E-state index contributed by atoms with van der Waals surface area (Å²) in [4.78, 5) is 36.9. The van der Waals surface area contributed by atoms with Gasteiger partial charge in [-0.05, 0) is 96.3 Å². The summed E-state index contributed by atoms with van der Waals surface area (Å²) in [5.74, 6) is -1.94. The van der Waals surface area contributed by atoms with Crippen LogP contribution in [-0.2, 0) is 28.6 Å². The summed E-state index contributed by atoms with van der Waals surface area (Å²) in [6, 6.07) is -0.758. The Labute approximate surface area is 383 Å². The molecule has 0 radical (unpaired) electrons. The molecule has 0 fully saturated rings. The highest BCUT2D eigenvalue weighted by molar-refractivity contribution is 5.70. The van der Waals surface area contributed by atoms with Crippen molar-refractivity contribution in [2.45, 2.75) is 142 Å². The van der Waals surface area contributed by atoms with Crippen molar-refractivity contribution >= 4 is 17.9 Å². The second kappa shape index (κ2) is 43.8. The molecular weight excluding hydrogens is 787 g/mol. The zero-order chi connectivity index (χ0) is 46.3. The first-order chi connectivity index (χ1) is 30.6. The molecule has 8 heteroatoms. The fraction of sp³-hybridized carbons (Fsp3) is 0.509. The largest absolute Gasteiger partial charge is 0.544 e. The number of esters is 2. The number of carboxylic acid groups (broad SMARTS) is 1. The van der Waals surface area contributed by atoms with E-state index in [1.807, 2.05) is 12.2 Å². The molecule has 0 spiro atoms. The van der Waals surface area contributed by atoms with E-state index in [2.05, 4.69) is 148 Å². The van der Waals surface area contributed by atoms with Crippen molar-refractivity contribution in [3.63, 3.8) is 0 Å². The number of nitrogens with zero attached hydrogens (tertiary/aromatic N) is 1. The van der Waals surface area contributed by atoms with E-state index in [0.29, 0.717) is 12.8 Å². The highest BCUT2D eigenvalue weighted by Gasteiger charge is 2.25. The van der Waals surface area contributed by atoms with Gasteiger partial charge in [-0.1, -0.05) is 160 Å². The normalized spacial score (nSPS) is 14.2. The summed E-state index contributed by atoms with van der Waals surface area (Å²) in [5.41, 5.74) is 0. The lowest BCUT2D eigenvalue weighted by molar-refractivity contribution is -0.889. The Balaban J connectivity index is 4.57. The number of aliphatic carboxylic acids is 1. The number of hydrogen-bond acceptors (Lipinski definition) is 7. The second-order valence-electron chi connectivity index (χ2n) is 15.9. The zero-order valence-electron chi connectivity index (χ0n) is 39.7. The lowest BCUT2D eigenvalue weighted by Crippen LogP contribution is -2.55. The number of unbranched alkanes of at least 4 members (excludes halogenated alkanes) is 1. The van der Waals surface area contributed by atoms with E-state index in [1.54, 1.807) is 21.1 Å². The minimum Gasteiger partial charge on any atom is -0.544 e. The second-order valence-corrected chi connectivity index (χ2v) is 15.9. The fourth-order valence-electron chi connectivity index (χ4n) is 5.69. The number of carbonyl (C=O) groups excluding carboxylic acids is 3. The van der Waals surface area contributed by atoms with Gasteiger partial charge in [-0.25, -0.2) is 0 Å². The topological polar surface area (TPSA) is 102 Å². The van der Waals surface area contributed by atoms with E-state index in [9.17, 15) is 19.5 Å². The number of quaternary nitrogens is 1. The highest BCUT2D eigenvalue weighted by Crippen LogP contribution is 2.10. The molecular formula is C55H83NO7. The van der Waals surface area contributed by atoms with E-state index < -0.39 is 30.1 Å². The van der Waals surface area contributed by atoms with Crippen LogP contribution in [0.2, 0.25) is 0 Å². The zero-order valence-corrected chi connectivity index (χ0v) is 39.7. The Morgan fingerprint density at radius 2 is 0.841 bits per heavy atom. The lowest BCUT2D eigenvalue weighted by atomic mass is 10.1. The van der Waals surface area contributed by atoms with E-state index in [1.165, 1.54) is 0 Å². The molecule has 0 aromatic rings. The van der Waals surface area contributed by atoms with Gasteiger partial charge in [0, 0.05) is 19.3 Å². The number of likely N-dealkylation sites (N-methyl/N-ethyl adjacent to an activating group) is 1. The van der Waals surface area contributed by atoms with Crippen molar-refractivity contribution in [2.24, 2.45) is 0 Å². The van der Waals surface area contributed by atoms with Gasteiger partial charge in [-0.3, -0.25) is 9.59 Å². The minimum atomic E-state index is -1.15. The van der Waals surface area contributed by atoms with E-state index in [0.717, 1.165) is 83.5 Å². The number of allylic oxidation sites excluding steroid dienone is 24. The average molecular weight is 870 g/mol. The molecule has 0 aromatic carbocycles. The minimum absolute atomic E-state index is 0.0176. The van der Waals surface area contributed by atoms with Crippen molar-refractivity contribution < 1.29 is 38.2 Å². The van der Waals surface area contributed by atoms with Gasteiger partial charge in [0.2, 0.25) is 0 Å². The van der Waals surface area contributed by atoms with Crippen LogP contribution in [0.4, 0.5) is 0 Å². The van der Waals surface area contributed by atoms with Crippen LogP contribution in [0.5, 0.6) is 0 Å². The SMILES string of the molecule is CC/C=C/C/C=C/C/C=C/C/C=C/C/C=C/C/C=C/CCCC(=O)OC(COCCC(C(=O)[O-])[N+](C)(C)C)COC(=O)CC/C=C/C/C=C/C/C=C/C/C=C/C/C=C/C/C=C/CC. The van der Waals surface area contributed by atoms with Crippen LogP contribution in [0, 0.1) is 0 Å². The predicted molar refractivity (Wildman–Crippen MR) is 263 cm³/mol. The molecule has 0 heterocycles. The number of ether oxygens (including phenoxy) is 3. The Morgan fingerprint density at radius 1 is 0.476 bits per heavy atom. The molecule has 0 aromatic heterocycles. The van der Waals surface area contributed by atoms with Gasteiger partial charge < -0.3 is 28.6 Å². The molecule has 0 N–H and O–H groups in total.